The summed E-state index contributed by atoms with van der Waals surface area (Å²) in [7, 11) is 1.89. The van der Waals surface area contributed by atoms with Crippen molar-refractivity contribution in [2.75, 3.05) is 31.6 Å². The Labute approximate surface area is 132 Å². The molecule has 0 fully saturated rings. The smallest absolute Gasteiger partial charge is 0.239 e. The fraction of sp³-hybridized carbons (Fsp3) is 0.562. The van der Waals surface area contributed by atoms with Crippen LogP contribution in [-0.2, 0) is 11.3 Å². The summed E-state index contributed by atoms with van der Waals surface area (Å²) in [4.78, 5) is 13.9. The summed E-state index contributed by atoms with van der Waals surface area (Å²) in [6, 6.07) is 5.83. The van der Waals surface area contributed by atoms with Crippen LogP contribution in [0.5, 0.6) is 0 Å². The summed E-state index contributed by atoms with van der Waals surface area (Å²) in [5.74, 6) is 0.462. The second-order valence-corrected chi connectivity index (χ2v) is 5.99. The fourth-order valence-electron chi connectivity index (χ4n) is 2.06. The minimum absolute atomic E-state index is 0.0144. The zero-order valence-corrected chi connectivity index (χ0v) is 14.1. The molecule has 0 bridgehead atoms. The number of likely N-dealkylation sites (N-methyl/N-ethyl adjacent to an activating group) is 1. The van der Waals surface area contributed by atoms with Gasteiger partial charge in [0.1, 0.15) is 0 Å². The van der Waals surface area contributed by atoms with Gasteiger partial charge in [-0.15, -0.1) is 0 Å². The van der Waals surface area contributed by atoms with E-state index in [4.69, 9.17) is 11.6 Å². The van der Waals surface area contributed by atoms with E-state index in [1.165, 1.54) is 0 Å². The van der Waals surface area contributed by atoms with Crippen LogP contribution in [0.25, 0.3) is 0 Å². The first-order chi connectivity index (χ1) is 9.95. The van der Waals surface area contributed by atoms with Gasteiger partial charge in [-0.1, -0.05) is 44.5 Å². The second-order valence-electron chi connectivity index (χ2n) is 5.58. The fourth-order valence-corrected chi connectivity index (χ4v) is 2.40. The molecular weight excluding hydrogens is 286 g/mol. The number of carbonyl (C=O) groups excluding carboxylic acids is 1. The maximum atomic E-state index is 12.0. The average Bonchev–Trinajstić information content (AvgIpc) is 2.42. The molecule has 0 atom stereocenters. The molecule has 1 aromatic rings. The van der Waals surface area contributed by atoms with Crippen LogP contribution in [0.2, 0.25) is 5.02 Å². The molecule has 0 heterocycles. The molecule has 0 aliphatic rings. The standard InChI is InChI=1S/C16H26ClN3O/c1-5-18-10-13-7-6-8-14(17)16(13)20(4)11-15(21)19-9-12(2)3/h6-8,12,18H,5,9-11H2,1-4H3,(H,19,21). The summed E-state index contributed by atoms with van der Waals surface area (Å²) < 4.78 is 0. The highest BCUT2D eigenvalue weighted by Gasteiger charge is 2.14. The van der Waals surface area contributed by atoms with Gasteiger partial charge in [0.2, 0.25) is 5.91 Å². The van der Waals surface area contributed by atoms with Gasteiger partial charge in [-0.3, -0.25) is 4.79 Å². The predicted octanol–water partition coefficient (Wildman–Crippen LogP) is 2.66. The van der Waals surface area contributed by atoms with E-state index < -0.39 is 0 Å². The van der Waals surface area contributed by atoms with E-state index in [9.17, 15) is 4.79 Å². The van der Waals surface area contributed by atoms with Crippen molar-refractivity contribution in [1.82, 2.24) is 10.6 Å². The second kappa shape index (κ2) is 8.90. The molecule has 21 heavy (non-hydrogen) atoms. The van der Waals surface area contributed by atoms with Gasteiger partial charge in [0, 0.05) is 20.1 Å². The number of nitrogens with one attached hydrogen (secondary N) is 2. The van der Waals surface area contributed by atoms with Gasteiger partial charge < -0.3 is 15.5 Å². The van der Waals surface area contributed by atoms with Crippen LogP contribution in [0.1, 0.15) is 26.3 Å². The van der Waals surface area contributed by atoms with Crippen LogP contribution >= 0.6 is 11.6 Å². The van der Waals surface area contributed by atoms with Crippen molar-refractivity contribution >= 4 is 23.2 Å². The molecule has 1 aromatic carbocycles. The van der Waals surface area contributed by atoms with Crippen LogP contribution in [0.15, 0.2) is 18.2 Å². The van der Waals surface area contributed by atoms with Crippen LogP contribution in [-0.4, -0.2) is 32.6 Å². The third kappa shape index (κ3) is 5.94. The van der Waals surface area contributed by atoms with Crippen LogP contribution in [0, 0.1) is 5.92 Å². The summed E-state index contributed by atoms with van der Waals surface area (Å²) in [6.45, 7) is 8.84. The zero-order valence-electron chi connectivity index (χ0n) is 13.4. The average molecular weight is 312 g/mol. The number of amides is 1. The lowest BCUT2D eigenvalue weighted by molar-refractivity contribution is -0.119. The quantitative estimate of drug-likeness (QED) is 0.776. The molecule has 0 aromatic heterocycles. The van der Waals surface area contributed by atoms with Crippen LogP contribution in [0.4, 0.5) is 5.69 Å². The molecule has 0 unspecified atom stereocenters. The molecule has 4 nitrogen and oxygen atoms in total. The number of benzene rings is 1. The first-order valence-corrected chi connectivity index (χ1v) is 7.79. The van der Waals surface area contributed by atoms with Crippen molar-refractivity contribution in [1.29, 1.82) is 0 Å². The molecule has 0 aliphatic heterocycles. The van der Waals surface area contributed by atoms with Crippen LogP contribution < -0.4 is 15.5 Å². The molecular formula is C16H26ClN3O. The summed E-state index contributed by atoms with van der Waals surface area (Å²) in [5, 5.41) is 6.89. The van der Waals surface area contributed by atoms with Crippen molar-refractivity contribution in [3.63, 3.8) is 0 Å². The molecule has 1 amide bonds. The minimum atomic E-state index is 0.0144. The summed E-state index contributed by atoms with van der Waals surface area (Å²) in [5.41, 5.74) is 2.02. The normalized spacial score (nSPS) is 10.8. The highest BCUT2D eigenvalue weighted by atomic mass is 35.5. The highest BCUT2D eigenvalue weighted by molar-refractivity contribution is 6.33. The number of hydrogen-bond acceptors (Lipinski definition) is 3. The van der Waals surface area contributed by atoms with Gasteiger partial charge in [-0.2, -0.15) is 0 Å². The number of para-hydroxylation sites is 1. The lowest BCUT2D eigenvalue weighted by Gasteiger charge is -2.23. The Morgan fingerprint density at radius 2 is 2.10 bits per heavy atom. The Balaban J connectivity index is 2.76. The van der Waals surface area contributed by atoms with Crippen molar-refractivity contribution in [2.24, 2.45) is 5.92 Å². The predicted molar refractivity (Wildman–Crippen MR) is 90.0 cm³/mol. The monoisotopic (exact) mass is 311 g/mol. The molecule has 2 N–H and O–H groups in total. The number of carbonyl (C=O) groups is 1. The Morgan fingerprint density at radius 1 is 1.38 bits per heavy atom. The lowest BCUT2D eigenvalue weighted by atomic mass is 10.1. The van der Waals surface area contributed by atoms with Crippen molar-refractivity contribution in [2.45, 2.75) is 27.3 Å². The van der Waals surface area contributed by atoms with E-state index in [0.29, 0.717) is 24.0 Å². The lowest BCUT2D eigenvalue weighted by Crippen LogP contribution is -2.37. The van der Waals surface area contributed by atoms with E-state index in [2.05, 4.69) is 31.4 Å². The Morgan fingerprint density at radius 3 is 2.71 bits per heavy atom. The van der Waals surface area contributed by atoms with Gasteiger partial charge in [-0.05, 0) is 24.1 Å². The first kappa shape index (κ1) is 17.8. The molecule has 0 spiro atoms. The Bertz CT molecular complexity index is 463. The first-order valence-electron chi connectivity index (χ1n) is 7.41. The highest BCUT2D eigenvalue weighted by Crippen LogP contribution is 2.29. The number of nitrogens with zero attached hydrogens (tertiary/aromatic N) is 1. The largest absolute Gasteiger partial charge is 0.364 e. The number of hydrogen-bond donors (Lipinski definition) is 2. The third-order valence-corrected chi connectivity index (χ3v) is 3.41. The van der Waals surface area contributed by atoms with Gasteiger partial charge in [0.15, 0.2) is 0 Å². The molecule has 0 saturated carbocycles. The molecule has 0 radical (unpaired) electrons. The number of anilines is 1. The molecule has 0 saturated heterocycles. The van der Waals surface area contributed by atoms with Crippen molar-refractivity contribution < 1.29 is 4.79 Å². The molecule has 1 rings (SSSR count). The van der Waals surface area contributed by atoms with E-state index in [0.717, 1.165) is 24.3 Å². The van der Waals surface area contributed by atoms with Gasteiger partial charge >= 0.3 is 0 Å². The molecule has 5 heteroatoms. The summed E-state index contributed by atoms with van der Waals surface area (Å²) >= 11 is 6.31. The number of halogens is 1. The van der Waals surface area contributed by atoms with E-state index in [1.807, 2.05) is 30.1 Å². The van der Waals surface area contributed by atoms with Crippen molar-refractivity contribution in [3.05, 3.63) is 28.8 Å². The zero-order chi connectivity index (χ0) is 15.8. The maximum absolute atomic E-state index is 12.0. The van der Waals surface area contributed by atoms with E-state index in [-0.39, 0.29) is 5.91 Å². The van der Waals surface area contributed by atoms with E-state index >= 15 is 0 Å². The Hall–Kier alpha value is -1.26. The van der Waals surface area contributed by atoms with Gasteiger partial charge in [0.25, 0.3) is 0 Å². The van der Waals surface area contributed by atoms with Crippen molar-refractivity contribution in [3.8, 4) is 0 Å². The maximum Gasteiger partial charge on any atom is 0.239 e. The molecule has 118 valence electrons. The topological polar surface area (TPSA) is 44.4 Å². The van der Waals surface area contributed by atoms with Gasteiger partial charge in [0.05, 0.1) is 17.3 Å². The summed E-state index contributed by atoms with van der Waals surface area (Å²) in [6.07, 6.45) is 0. The minimum Gasteiger partial charge on any atom is -0.364 e. The Kier molecular flexibility index (Phi) is 7.54. The van der Waals surface area contributed by atoms with Crippen LogP contribution in [0.3, 0.4) is 0 Å². The van der Waals surface area contributed by atoms with Gasteiger partial charge in [-0.25, -0.2) is 0 Å². The SMILES string of the molecule is CCNCc1cccc(Cl)c1N(C)CC(=O)NCC(C)C. The molecule has 0 aliphatic carbocycles. The number of rotatable bonds is 8. The van der Waals surface area contributed by atoms with E-state index in [1.54, 1.807) is 0 Å². The third-order valence-electron chi connectivity index (χ3n) is 3.11.